The van der Waals surface area contributed by atoms with Gasteiger partial charge >= 0.3 is 0 Å². The molecule has 0 spiro atoms. The first kappa shape index (κ1) is 13.3. The summed E-state index contributed by atoms with van der Waals surface area (Å²) < 4.78 is 44.9. The molecule has 3 rings (SSSR count). The van der Waals surface area contributed by atoms with Crippen molar-refractivity contribution in [1.29, 1.82) is 0 Å². The lowest BCUT2D eigenvalue weighted by molar-refractivity contribution is 0.339. The van der Waals surface area contributed by atoms with E-state index in [0.717, 1.165) is 25.0 Å². The number of halogens is 1. The fourth-order valence-electron chi connectivity index (χ4n) is 2.54. The van der Waals surface area contributed by atoms with Crippen LogP contribution in [0.3, 0.4) is 0 Å². The van der Waals surface area contributed by atoms with Crippen LogP contribution in [-0.4, -0.2) is 19.3 Å². The summed E-state index contributed by atoms with van der Waals surface area (Å²) in [7, 11) is -3.62. The summed E-state index contributed by atoms with van der Waals surface area (Å²) in [6, 6.07) is 8.15. The van der Waals surface area contributed by atoms with E-state index >= 15 is 0 Å². The number of hydrogen-bond acceptors (Lipinski definition) is 3. The van der Waals surface area contributed by atoms with Crippen molar-refractivity contribution in [3.63, 3.8) is 0 Å². The van der Waals surface area contributed by atoms with Crippen molar-refractivity contribution in [2.45, 2.75) is 23.8 Å². The van der Waals surface area contributed by atoms with Crippen LogP contribution in [-0.2, 0) is 10.0 Å². The molecule has 1 atom stereocenters. The molecule has 1 saturated heterocycles. The minimum absolute atomic E-state index is 0.109. The number of benzene rings is 1. The van der Waals surface area contributed by atoms with Gasteiger partial charge in [-0.1, -0.05) is 0 Å². The van der Waals surface area contributed by atoms with Crippen molar-refractivity contribution >= 4 is 10.0 Å². The van der Waals surface area contributed by atoms with Gasteiger partial charge in [0.15, 0.2) is 0 Å². The first-order chi connectivity index (χ1) is 9.59. The SMILES string of the molecule is O=S(=O)(c1ccc(F)cc1)N1CCCC1c1ccco1. The maximum Gasteiger partial charge on any atom is 0.243 e. The van der Waals surface area contributed by atoms with Crippen LogP contribution < -0.4 is 0 Å². The van der Waals surface area contributed by atoms with Gasteiger partial charge in [0, 0.05) is 6.54 Å². The zero-order chi connectivity index (χ0) is 14.2. The molecule has 1 aliphatic heterocycles. The van der Waals surface area contributed by atoms with Gasteiger partial charge in [-0.2, -0.15) is 4.31 Å². The third kappa shape index (κ3) is 2.25. The zero-order valence-electron chi connectivity index (χ0n) is 10.7. The van der Waals surface area contributed by atoms with E-state index in [0.29, 0.717) is 12.3 Å². The molecule has 1 aromatic heterocycles. The summed E-state index contributed by atoms with van der Waals surface area (Å²) in [6.45, 7) is 0.449. The second kappa shape index (κ2) is 5.03. The van der Waals surface area contributed by atoms with Crippen LogP contribution in [0.1, 0.15) is 24.6 Å². The molecule has 0 amide bonds. The number of furan rings is 1. The quantitative estimate of drug-likeness (QED) is 0.874. The van der Waals surface area contributed by atoms with Gasteiger partial charge in [-0.25, -0.2) is 12.8 Å². The van der Waals surface area contributed by atoms with Crippen LogP contribution >= 0.6 is 0 Å². The van der Waals surface area contributed by atoms with E-state index < -0.39 is 15.8 Å². The fraction of sp³-hybridized carbons (Fsp3) is 0.286. The smallest absolute Gasteiger partial charge is 0.243 e. The Bertz CT molecular complexity index is 680. The summed E-state index contributed by atoms with van der Waals surface area (Å²) in [5.41, 5.74) is 0. The highest BCUT2D eigenvalue weighted by molar-refractivity contribution is 7.89. The molecule has 6 heteroatoms. The van der Waals surface area contributed by atoms with Crippen LogP contribution in [0.2, 0.25) is 0 Å². The second-order valence-electron chi connectivity index (χ2n) is 4.74. The molecule has 1 aromatic carbocycles. The van der Waals surface area contributed by atoms with Gasteiger partial charge in [0.2, 0.25) is 10.0 Å². The Labute approximate surface area is 116 Å². The summed E-state index contributed by atoms with van der Waals surface area (Å²) in [5, 5.41) is 0. The number of nitrogens with zero attached hydrogens (tertiary/aromatic N) is 1. The number of rotatable bonds is 3. The van der Waals surface area contributed by atoms with Crippen molar-refractivity contribution in [2.24, 2.45) is 0 Å². The van der Waals surface area contributed by atoms with Crippen molar-refractivity contribution in [2.75, 3.05) is 6.54 Å². The monoisotopic (exact) mass is 295 g/mol. The molecule has 1 unspecified atom stereocenters. The molecule has 1 fully saturated rings. The predicted octanol–water partition coefficient (Wildman–Crippen LogP) is 2.94. The molecule has 0 saturated carbocycles. The maximum absolute atomic E-state index is 12.9. The molecule has 2 heterocycles. The second-order valence-corrected chi connectivity index (χ2v) is 6.63. The Morgan fingerprint density at radius 1 is 1.20 bits per heavy atom. The normalized spacial score (nSPS) is 20.4. The Kier molecular flexibility index (Phi) is 3.35. The minimum atomic E-state index is -3.62. The summed E-state index contributed by atoms with van der Waals surface area (Å²) in [5.74, 6) is 0.196. The van der Waals surface area contributed by atoms with Gasteiger partial charge in [0.1, 0.15) is 11.6 Å². The standard InChI is InChI=1S/C14H14FNO3S/c15-11-5-7-12(8-6-11)20(17,18)16-9-1-3-13(16)14-4-2-10-19-14/h2,4-8,10,13H,1,3,9H2. The average Bonchev–Trinajstić information content (AvgIpc) is 3.10. The molecule has 0 radical (unpaired) electrons. The van der Waals surface area contributed by atoms with Crippen molar-refractivity contribution in [3.8, 4) is 0 Å². The van der Waals surface area contributed by atoms with E-state index in [2.05, 4.69) is 0 Å². The third-order valence-electron chi connectivity index (χ3n) is 3.50. The van der Waals surface area contributed by atoms with Crippen LogP contribution in [0.4, 0.5) is 4.39 Å². The first-order valence-electron chi connectivity index (χ1n) is 6.40. The van der Waals surface area contributed by atoms with Gasteiger partial charge in [0.25, 0.3) is 0 Å². The van der Waals surface area contributed by atoms with Gasteiger partial charge in [0.05, 0.1) is 17.2 Å². The lowest BCUT2D eigenvalue weighted by atomic mass is 10.2. The lowest BCUT2D eigenvalue weighted by Gasteiger charge is -2.22. The largest absolute Gasteiger partial charge is 0.468 e. The third-order valence-corrected chi connectivity index (χ3v) is 5.42. The fourth-order valence-corrected chi connectivity index (χ4v) is 4.20. The molecule has 2 aromatic rings. The van der Waals surface area contributed by atoms with Gasteiger partial charge in [-0.15, -0.1) is 0 Å². The molecular weight excluding hydrogens is 281 g/mol. The van der Waals surface area contributed by atoms with Crippen LogP contribution in [0.5, 0.6) is 0 Å². The summed E-state index contributed by atoms with van der Waals surface area (Å²) in [6.07, 6.45) is 3.05. The summed E-state index contributed by atoms with van der Waals surface area (Å²) in [4.78, 5) is 0.109. The lowest BCUT2D eigenvalue weighted by Crippen LogP contribution is -2.30. The van der Waals surface area contributed by atoms with Gasteiger partial charge < -0.3 is 4.42 Å². The summed E-state index contributed by atoms with van der Waals surface area (Å²) >= 11 is 0. The average molecular weight is 295 g/mol. The van der Waals surface area contributed by atoms with Crippen LogP contribution in [0.25, 0.3) is 0 Å². The van der Waals surface area contributed by atoms with Crippen LogP contribution in [0, 0.1) is 5.82 Å². The van der Waals surface area contributed by atoms with E-state index in [1.54, 1.807) is 12.1 Å². The number of hydrogen-bond donors (Lipinski definition) is 0. The van der Waals surface area contributed by atoms with Crippen molar-refractivity contribution in [1.82, 2.24) is 4.31 Å². The highest BCUT2D eigenvalue weighted by atomic mass is 32.2. The van der Waals surface area contributed by atoms with Crippen molar-refractivity contribution < 1.29 is 17.2 Å². The van der Waals surface area contributed by atoms with E-state index in [1.807, 2.05) is 0 Å². The Morgan fingerprint density at radius 3 is 2.60 bits per heavy atom. The van der Waals surface area contributed by atoms with E-state index in [9.17, 15) is 12.8 Å². The first-order valence-corrected chi connectivity index (χ1v) is 7.84. The topological polar surface area (TPSA) is 50.5 Å². The molecule has 0 bridgehead atoms. The molecule has 4 nitrogen and oxygen atoms in total. The van der Waals surface area contributed by atoms with E-state index in [-0.39, 0.29) is 10.9 Å². The van der Waals surface area contributed by atoms with Gasteiger partial charge in [-0.3, -0.25) is 0 Å². The Morgan fingerprint density at radius 2 is 1.95 bits per heavy atom. The maximum atomic E-state index is 12.9. The molecular formula is C14H14FNO3S. The van der Waals surface area contributed by atoms with Gasteiger partial charge in [-0.05, 0) is 49.2 Å². The Balaban J connectivity index is 1.96. The van der Waals surface area contributed by atoms with E-state index in [1.165, 1.54) is 22.7 Å². The molecule has 20 heavy (non-hydrogen) atoms. The van der Waals surface area contributed by atoms with Crippen molar-refractivity contribution in [3.05, 3.63) is 54.2 Å². The predicted molar refractivity (Wildman–Crippen MR) is 71.0 cm³/mol. The minimum Gasteiger partial charge on any atom is -0.468 e. The molecule has 1 aliphatic rings. The molecule has 0 N–H and O–H groups in total. The molecule has 0 aliphatic carbocycles. The van der Waals surface area contributed by atoms with E-state index in [4.69, 9.17) is 4.42 Å². The number of sulfonamides is 1. The highest BCUT2D eigenvalue weighted by Crippen LogP contribution is 2.36. The van der Waals surface area contributed by atoms with Crippen LogP contribution in [0.15, 0.2) is 52.0 Å². The Hall–Kier alpha value is -1.66. The highest BCUT2D eigenvalue weighted by Gasteiger charge is 2.37. The molecule has 106 valence electrons. The zero-order valence-corrected chi connectivity index (χ0v) is 11.5.